The molecule has 0 bridgehead atoms. The number of methoxy groups -OCH3 is 1. The zero-order valence-corrected chi connectivity index (χ0v) is 9.24. The highest BCUT2D eigenvalue weighted by Crippen LogP contribution is 2.50. The van der Waals surface area contributed by atoms with Gasteiger partial charge in [-0.15, -0.1) is 0 Å². The number of allylic oxidation sites excluding steroid dienone is 1. The zero-order valence-electron chi connectivity index (χ0n) is 9.24. The van der Waals surface area contributed by atoms with E-state index < -0.39 is 11.4 Å². The molecule has 82 valence electrons. The van der Waals surface area contributed by atoms with E-state index in [1.807, 2.05) is 13.0 Å². The van der Waals surface area contributed by atoms with Crippen molar-refractivity contribution in [2.75, 3.05) is 20.7 Å². The topological polar surface area (TPSA) is 46.6 Å². The molecule has 0 saturated carbocycles. The maximum Gasteiger partial charge on any atom is 0.325 e. The van der Waals surface area contributed by atoms with Gasteiger partial charge in [-0.2, -0.15) is 0 Å². The van der Waals surface area contributed by atoms with Gasteiger partial charge in [0.15, 0.2) is 5.41 Å². The third-order valence-electron chi connectivity index (χ3n) is 3.63. The maximum absolute atomic E-state index is 12.1. The van der Waals surface area contributed by atoms with Gasteiger partial charge in [-0.25, -0.2) is 0 Å². The van der Waals surface area contributed by atoms with Gasteiger partial charge in [0, 0.05) is 19.5 Å². The number of hydrogen-bond donors (Lipinski definition) is 0. The Kier molecular flexibility index (Phi) is 2.10. The van der Waals surface area contributed by atoms with Crippen LogP contribution in [-0.2, 0) is 14.3 Å². The summed E-state index contributed by atoms with van der Waals surface area (Å²) >= 11 is 0. The van der Waals surface area contributed by atoms with Crippen molar-refractivity contribution in [2.24, 2.45) is 11.3 Å². The van der Waals surface area contributed by atoms with Gasteiger partial charge in [-0.3, -0.25) is 9.59 Å². The summed E-state index contributed by atoms with van der Waals surface area (Å²) in [5, 5.41) is 0. The van der Waals surface area contributed by atoms with E-state index in [0.717, 1.165) is 12.0 Å². The van der Waals surface area contributed by atoms with Crippen LogP contribution in [-0.4, -0.2) is 37.5 Å². The molecule has 0 radical (unpaired) electrons. The Bertz CT molecular complexity index is 361. The quantitative estimate of drug-likeness (QED) is 0.360. The summed E-state index contributed by atoms with van der Waals surface area (Å²) in [5.74, 6) is -0.471. The van der Waals surface area contributed by atoms with Crippen LogP contribution in [0.5, 0.6) is 0 Å². The van der Waals surface area contributed by atoms with Crippen molar-refractivity contribution in [3.63, 3.8) is 0 Å². The zero-order chi connectivity index (χ0) is 11.2. The van der Waals surface area contributed by atoms with Crippen molar-refractivity contribution in [2.45, 2.75) is 13.3 Å². The molecular formula is C11H15NO3. The molecule has 1 heterocycles. The van der Waals surface area contributed by atoms with E-state index in [1.165, 1.54) is 7.11 Å². The normalized spacial score (nSPS) is 34.1. The highest BCUT2D eigenvalue weighted by molar-refractivity contribution is 6.08. The number of hydrogen-bond acceptors (Lipinski definition) is 3. The van der Waals surface area contributed by atoms with E-state index in [2.05, 4.69) is 0 Å². The van der Waals surface area contributed by atoms with Crippen LogP contribution in [0.25, 0.3) is 0 Å². The fourth-order valence-corrected chi connectivity index (χ4v) is 2.82. The van der Waals surface area contributed by atoms with E-state index in [4.69, 9.17) is 4.74 Å². The molecule has 4 nitrogen and oxygen atoms in total. The van der Waals surface area contributed by atoms with Crippen molar-refractivity contribution in [1.29, 1.82) is 0 Å². The molecule has 2 rings (SSSR count). The lowest BCUT2D eigenvalue weighted by molar-refractivity contribution is -0.157. The molecule has 2 aliphatic rings. The lowest BCUT2D eigenvalue weighted by Gasteiger charge is -2.25. The predicted molar refractivity (Wildman–Crippen MR) is 54.0 cm³/mol. The van der Waals surface area contributed by atoms with E-state index in [9.17, 15) is 9.59 Å². The van der Waals surface area contributed by atoms with Crippen molar-refractivity contribution in [1.82, 2.24) is 4.90 Å². The van der Waals surface area contributed by atoms with Crippen LogP contribution < -0.4 is 0 Å². The minimum absolute atomic E-state index is 0.0578. The van der Waals surface area contributed by atoms with Crippen LogP contribution in [0.15, 0.2) is 11.6 Å². The molecule has 2 atom stereocenters. The van der Waals surface area contributed by atoms with Crippen molar-refractivity contribution in [3.05, 3.63) is 11.6 Å². The average Bonchev–Trinajstić information content (AvgIpc) is 2.66. The molecular weight excluding hydrogens is 194 g/mol. The Hall–Kier alpha value is -1.32. The molecule has 1 aliphatic carbocycles. The molecule has 0 spiro atoms. The molecule has 0 aromatic heterocycles. The van der Waals surface area contributed by atoms with Crippen LogP contribution in [0, 0.1) is 11.3 Å². The monoisotopic (exact) mass is 209 g/mol. The first kappa shape index (κ1) is 10.2. The smallest absolute Gasteiger partial charge is 0.325 e. The third-order valence-corrected chi connectivity index (χ3v) is 3.63. The summed E-state index contributed by atoms with van der Waals surface area (Å²) in [4.78, 5) is 25.6. The molecule has 1 amide bonds. The molecule has 4 heteroatoms. The average molecular weight is 209 g/mol. The lowest BCUT2D eigenvalue weighted by Crippen LogP contribution is -2.42. The van der Waals surface area contributed by atoms with Crippen molar-refractivity contribution < 1.29 is 14.3 Å². The Labute approximate surface area is 88.9 Å². The van der Waals surface area contributed by atoms with Gasteiger partial charge in [0.05, 0.1) is 7.11 Å². The summed E-state index contributed by atoms with van der Waals surface area (Å²) < 4.78 is 4.80. The van der Waals surface area contributed by atoms with Gasteiger partial charge in [-0.1, -0.05) is 11.6 Å². The Morgan fingerprint density at radius 2 is 2.33 bits per heavy atom. The van der Waals surface area contributed by atoms with Crippen LogP contribution in [0.3, 0.4) is 0 Å². The minimum atomic E-state index is -1.01. The van der Waals surface area contributed by atoms with E-state index >= 15 is 0 Å². The molecule has 1 aliphatic heterocycles. The van der Waals surface area contributed by atoms with Gasteiger partial charge in [0.2, 0.25) is 5.91 Å². The first-order valence-electron chi connectivity index (χ1n) is 5.06. The highest BCUT2D eigenvalue weighted by Gasteiger charge is 2.62. The number of carbonyl (C=O) groups is 2. The Morgan fingerprint density at radius 3 is 2.93 bits per heavy atom. The van der Waals surface area contributed by atoms with Crippen LogP contribution in [0.2, 0.25) is 0 Å². The van der Waals surface area contributed by atoms with Crippen molar-refractivity contribution in [3.8, 4) is 0 Å². The molecule has 0 N–H and O–H groups in total. The lowest BCUT2D eigenvalue weighted by atomic mass is 9.76. The van der Waals surface area contributed by atoms with Gasteiger partial charge in [-0.05, 0) is 13.3 Å². The highest BCUT2D eigenvalue weighted by atomic mass is 16.5. The summed E-state index contributed by atoms with van der Waals surface area (Å²) in [7, 11) is 3.07. The maximum atomic E-state index is 12.1. The summed E-state index contributed by atoms with van der Waals surface area (Å²) in [6.07, 6.45) is 2.77. The van der Waals surface area contributed by atoms with Crippen molar-refractivity contribution >= 4 is 11.9 Å². The summed E-state index contributed by atoms with van der Waals surface area (Å²) in [5.41, 5.74) is -0.169. The van der Waals surface area contributed by atoms with Crippen LogP contribution >= 0.6 is 0 Å². The molecule has 0 aromatic rings. The number of nitrogens with zero attached hydrogens (tertiary/aromatic N) is 1. The standard InChI is InChI=1S/C11H15NO3/c1-7-4-5-8-6-12(2)9(13)11(7,8)10(14)15-3/h4,8H,5-6H2,1-3H3/t8-,11+/m1/s1. The van der Waals surface area contributed by atoms with Gasteiger partial charge in [0.25, 0.3) is 0 Å². The molecule has 1 saturated heterocycles. The number of carbonyl (C=O) groups excluding carboxylic acids is 2. The number of ether oxygens (including phenoxy) is 1. The molecule has 0 aromatic carbocycles. The minimum Gasteiger partial charge on any atom is -0.468 e. The van der Waals surface area contributed by atoms with Gasteiger partial charge in [0.1, 0.15) is 0 Å². The van der Waals surface area contributed by atoms with E-state index in [-0.39, 0.29) is 11.8 Å². The number of amides is 1. The van der Waals surface area contributed by atoms with Crippen LogP contribution in [0.1, 0.15) is 13.3 Å². The first-order valence-corrected chi connectivity index (χ1v) is 5.06. The SMILES string of the molecule is COC(=O)[C@]12C(=O)N(C)C[C@H]1CC=C2C. The number of rotatable bonds is 1. The van der Waals surface area contributed by atoms with Crippen LogP contribution in [0.4, 0.5) is 0 Å². The van der Waals surface area contributed by atoms with E-state index in [0.29, 0.717) is 6.54 Å². The second kappa shape index (κ2) is 3.08. The first-order chi connectivity index (χ1) is 7.05. The molecule has 1 fully saturated rings. The third kappa shape index (κ3) is 1.02. The summed E-state index contributed by atoms with van der Waals surface area (Å²) in [6.45, 7) is 2.48. The second-order valence-corrected chi connectivity index (χ2v) is 4.31. The largest absolute Gasteiger partial charge is 0.468 e. The fourth-order valence-electron chi connectivity index (χ4n) is 2.82. The number of likely N-dealkylation sites (tertiary alicyclic amines) is 1. The molecule has 15 heavy (non-hydrogen) atoms. The summed E-state index contributed by atoms with van der Waals surface area (Å²) in [6, 6.07) is 0. The van der Waals surface area contributed by atoms with Gasteiger partial charge < -0.3 is 9.64 Å². The predicted octanol–water partition coefficient (Wildman–Crippen LogP) is 0.584. The van der Waals surface area contributed by atoms with E-state index in [1.54, 1.807) is 11.9 Å². The van der Waals surface area contributed by atoms with Gasteiger partial charge >= 0.3 is 5.97 Å². The number of fused-ring (bicyclic) bond motifs is 1. The fraction of sp³-hybridized carbons (Fsp3) is 0.636. The second-order valence-electron chi connectivity index (χ2n) is 4.31. The number of esters is 1. The Balaban J connectivity index is 2.51. The Morgan fingerprint density at radius 1 is 1.67 bits per heavy atom. The molecule has 0 unspecified atom stereocenters.